The zero-order valence-electron chi connectivity index (χ0n) is 8.63. The number of nitrogens with zero attached hydrogens (tertiary/aromatic N) is 1. The first-order valence-corrected chi connectivity index (χ1v) is 4.50. The Morgan fingerprint density at radius 3 is 2.33 bits per heavy atom. The number of pyridine rings is 1. The number of carboxylic acids is 1. The van der Waals surface area contributed by atoms with Crippen LogP contribution in [0, 0.1) is 0 Å². The molecule has 0 fully saturated rings. The Kier molecular flexibility index (Phi) is 3.85. The fourth-order valence-electron chi connectivity index (χ4n) is 1.43. The number of rotatable bonds is 3. The van der Waals surface area contributed by atoms with Crippen LogP contribution in [0.15, 0.2) is 6.20 Å². The lowest BCUT2D eigenvalue weighted by molar-refractivity contribution is -0.138. The number of carboxylic acid groups (broad SMARTS) is 1. The van der Waals surface area contributed by atoms with Crippen molar-refractivity contribution in [2.45, 2.75) is 19.1 Å². The molecule has 3 N–H and O–H groups in total. The standard InChI is InChI=1S/C9H7F5N2O2/c10-7(11)5-3(1-15)4(9(12,13)14)2-16-6(5)8(17)18/h2,7H,1,15H2,(H,17,18). The summed E-state index contributed by atoms with van der Waals surface area (Å²) in [7, 11) is 0. The van der Waals surface area contributed by atoms with Crippen LogP contribution in [0.3, 0.4) is 0 Å². The van der Waals surface area contributed by atoms with Crippen LogP contribution in [-0.2, 0) is 12.7 Å². The predicted octanol–water partition coefficient (Wildman–Crippen LogP) is 2.19. The summed E-state index contributed by atoms with van der Waals surface area (Å²) in [5.74, 6) is -1.84. The molecule has 18 heavy (non-hydrogen) atoms. The Bertz CT molecular complexity index is 473. The zero-order chi connectivity index (χ0) is 14.1. The van der Waals surface area contributed by atoms with Crippen molar-refractivity contribution in [2.75, 3.05) is 0 Å². The van der Waals surface area contributed by atoms with Crippen LogP contribution >= 0.6 is 0 Å². The average molecular weight is 270 g/mol. The lowest BCUT2D eigenvalue weighted by Crippen LogP contribution is -2.19. The van der Waals surface area contributed by atoms with E-state index in [1.54, 1.807) is 0 Å². The van der Waals surface area contributed by atoms with Crippen molar-refractivity contribution in [1.29, 1.82) is 0 Å². The van der Waals surface area contributed by atoms with E-state index in [1.165, 1.54) is 0 Å². The van der Waals surface area contributed by atoms with Gasteiger partial charge in [0.05, 0.1) is 11.1 Å². The van der Waals surface area contributed by atoms with Crippen LogP contribution in [0.1, 0.15) is 33.6 Å². The molecule has 0 radical (unpaired) electrons. The van der Waals surface area contributed by atoms with Crippen molar-refractivity contribution in [3.63, 3.8) is 0 Å². The van der Waals surface area contributed by atoms with E-state index in [4.69, 9.17) is 10.8 Å². The first kappa shape index (κ1) is 14.3. The fraction of sp³-hybridized carbons (Fsp3) is 0.333. The normalized spacial score (nSPS) is 11.9. The number of aromatic nitrogens is 1. The number of aromatic carboxylic acids is 1. The molecule has 0 aromatic carbocycles. The Morgan fingerprint density at radius 2 is 2.00 bits per heavy atom. The van der Waals surface area contributed by atoms with Crippen LogP contribution in [-0.4, -0.2) is 16.1 Å². The highest BCUT2D eigenvalue weighted by Crippen LogP contribution is 2.36. The third-order valence-corrected chi connectivity index (χ3v) is 2.16. The van der Waals surface area contributed by atoms with E-state index in [9.17, 15) is 26.7 Å². The number of nitrogens with two attached hydrogens (primary N) is 1. The molecule has 0 aliphatic rings. The molecule has 0 aliphatic carbocycles. The molecule has 1 heterocycles. The molecule has 0 saturated heterocycles. The van der Waals surface area contributed by atoms with Gasteiger partial charge in [-0.05, 0) is 5.56 Å². The van der Waals surface area contributed by atoms with Crippen LogP contribution in [0.25, 0.3) is 0 Å². The summed E-state index contributed by atoms with van der Waals surface area (Å²) in [6.45, 7) is -0.864. The van der Waals surface area contributed by atoms with Gasteiger partial charge in [-0.15, -0.1) is 0 Å². The lowest BCUT2D eigenvalue weighted by atomic mass is 10.0. The van der Waals surface area contributed by atoms with Crippen molar-refractivity contribution in [2.24, 2.45) is 5.73 Å². The van der Waals surface area contributed by atoms with Crippen LogP contribution < -0.4 is 5.73 Å². The Labute approximate surface area is 97.2 Å². The van der Waals surface area contributed by atoms with Gasteiger partial charge >= 0.3 is 12.1 Å². The maximum Gasteiger partial charge on any atom is 0.418 e. The number of halogens is 5. The molecule has 0 atom stereocenters. The summed E-state index contributed by atoms with van der Waals surface area (Å²) in [4.78, 5) is 13.6. The minimum absolute atomic E-state index is 0.192. The van der Waals surface area contributed by atoms with Gasteiger partial charge in [0, 0.05) is 12.7 Å². The Morgan fingerprint density at radius 1 is 1.44 bits per heavy atom. The molecule has 0 amide bonds. The van der Waals surface area contributed by atoms with Gasteiger partial charge in [-0.3, -0.25) is 0 Å². The molecule has 100 valence electrons. The monoisotopic (exact) mass is 270 g/mol. The molecular formula is C9H7F5N2O2. The molecule has 4 nitrogen and oxygen atoms in total. The van der Waals surface area contributed by atoms with Crippen molar-refractivity contribution in [1.82, 2.24) is 4.98 Å². The topological polar surface area (TPSA) is 76.2 Å². The van der Waals surface area contributed by atoms with Crippen molar-refractivity contribution < 1.29 is 31.9 Å². The maximum atomic E-state index is 12.7. The van der Waals surface area contributed by atoms with Gasteiger partial charge in [0.15, 0.2) is 5.69 Å². The summed E-state index contributed by atoms with van der Waals surface area (Å²) in [5, 5.41) is 8.61. The quantitative estimate of drug-likeness (QED) is 0.825. The minimum atomic E-state index is -4.93. The van der Waals surface area contributed by atoms with Gasteiger partial charge in [0.25, 0.3) is 6.43 Å². The van der Waals surface area contributed by atoms with E-state index in [0.29, 0.717) is 0 Å². The maximum absolute atomic E-state index is 12.7. The number of hydrogen-bond acceptors (Lipinski definition) is 3. The summed E-state index contributed by atoms with van der Waals surface area (Å²) in [6, 6.07) is 0. The third kappa shape index (κ3) is 2.55. The Hall–Kier alpha value is -1.77. The zero-order valence-corrected chi connectivity index (χ0v) is 8.63. The molecule has 0 spiro atoms. The van der Waals surface area contributed by atoms with Crippen molar-refractivity contribution in [3.05, 3.63) is 28.6 Å². The highest BCUT2D eigenvalue weighted by atomic mass is 19.4. The number of hydrogen-bond donors (Lipinski definition) is 2. The molecule has 1 rings (SSSR count). The molecular weight excluding hydrogens is 263 g/mol. The number of carbonyl (C=O) groups is 1. The third-order valence-electron chi connectivity index (χ3n) is 2.16. The highest BCUT2D eigenvalue weighted by molar-refractivity contribution is 5.87. The second kappa shape index (κ2) is 4.84. The predicted molar refractivity (Wildman–Crippen MR) is 49.0 cm³/mol. The average Bonchev–Trinajstić information content (AvgIpc) is 2.25. The van der Waals surface area contributed by atoms with E-state index in [0.717, 1.165) is 0 Å². The molecule has 1 aromatic rings. The first-order valence-electron chi connectivity index (χ1n) is 4.50. The minimum Gasteiger partial charge on any atom is -0.476 e. The molecule has 0 unspecified atom stereocenters. The van der Waals surface area contributed by atoms with Crippen molar-refractivity contribution >= 4 is 5.97 Å². The molecule has 0 saturated carbocycles. The van der Waals surface area contributed by atoms with Crippen LogP contribution in [0.5, 0.6) is 0 Å². The van der Waals surface area contributed by atoms with Gasteiger partial charge in [0.2, 0.25) is 0 Å². The SMILES string of the molecule is NCc1c(C(F)(F)F)cnc(C(=O)O)c1C(F)F. The number of alkyl halides is 5. The van der Waals surface area contributed by atoms with Gasteiger partial charge in [-0.1, -0.05) is 0 Å². The van der Waals surface area contributed by atoms with Crippen LogP contribution in [0.4, 0.5) is 22.0 Å². The first-order chi connectivity index (χ1) is 8.20. The molecule has 0 aliphatic heterocycles. The fourth-order valence-corrected chi connectivity index (χ4v) is 1.43. The summed E-state index contributed by atoms with van der Waals surface area (Å²) < 4.78 is 62.9. The van der Waals surface area contributed by atoms with E-state index in [-0.39, 0.29) is 6.20 Å². The van der Waals surface area contributed by atoms with E-state index < -0.39 is 47.5 Å². The summed E-state index contributed by atoms with van der Waals surface area (Å²) in [5.41, 5.74) is 0.175. The van der Waals surface area contributed by atoms with Crippen LogP contribution in [0.2, 0.25) is 0 Å². The van der Waals surface area contributed by atoms with Gasteiger partial charge in [-0.25, -0.2) is 18.6 Å². The summed E-state index contributed by atoms with van der Waals surface area (Å²) in [6.07, 6.45) is -8.15. The van der Waals surface area contributed by atoms with Gasteiger partial charge in [-0.2, -0.15) is 13.2 Å². The van der Waals surface area contributed by atoms with Crippen molar-refractivity contribution in [3.8, 4) is 0 Å². The largest absolute Gasteiger partial charge is 0.476 e. The van der Waals surface area contributed by atoms with Gasteiger partial charge < -0.3 is 10.8 Å². The van der Waals surface area contributed by atoms with E-state index >= 15 is 0 Å². The smallest absolute Gasteiger partial charge is 0.418 e. The lowest BCUT2D eigenvalue weighted by Gasteiger charge is -2.16. The highest BCUT2D eigenvalue weighted by Gasteiger charge is 2.37. The Balaban J connectivity index is 3.64. The molecule has 1 aromatic heterocycles. The second-order valence-electron chi connectivity index (χ2n) is 3.22. The molecule has 0 bridgehead atoms. The van der Waals surface area contributed by atoms with E-state index in [1.807, 2.05) is 0 Å². The molecule has 9 heteroatoms. The van der Waals surface area contributed by atoms with Gasteiger partial charge in [0.1, 0.15) is 0 Å². The summed E-state index contributed by atoms with van der Waals surface area (Å²) >= 11 is 0. The van der Waals surface area contributed by atoms with E-state index in [2.05, 4.69) is 4.98 Å². The second-order valence-corrected chi connectivity index (χ2v) is 3.22.